The Balaban J connectivity index is 2.29. The zero-order chi connectivity index (χ0) is 13.8. The van der Waals surface area contributed by atoms with Gasteiger partial charge in [0.05, 0.1) is 25.0 Å². The normalized spacial score (nSPS) is 18.3. The van der Waals surface area contributed by atoms with Crippen LogP contribution in [0.25, 0.3) is 0 Å². The smallest absolute Gasteiger partial charge is 0.161 e. The average molecular weight is 265 g/mol. The summed E-state index contributed by atoms with van der Waals surface area (Å²) < 4.78 is 7.64. The van der Waals surface area contributed by atoms with Crippen molar-refractivity contribution in [1.29, 1.82) is 0 Å². The second-order valence-electron chi connectivity index (χ2n) is 5.55. The quantitative estimate of drug-likeness (QED) is 0.785. The molecule has 1 fully saturated rings. The highest BCUT2D eigenvalue weighted by molar-refractivity contribution is 5.29. The highest BCUT2D eigenvalue weighted by Gasteiger charge is 2.36. The van der Waals surface area contributed by atoms with E-state index in [-0.39, 0.29) is 0 Å². The highest BCUT2D eigenvalue weighted by Crippen LogP contribution is 2.44. The lowest BCUT2D eigenvalue weighted by Crippen LogP contribution is -2.30. The van der Waals surface area contributed by atoms with Crippen molar-refractivity contribution in [2.75, 3.05) is 13.7 Å². The molecular formula is C15H27N3O. The van der Waals surface area contributed by atoms with Gasteiger partial charge < -0.3 is 10.1 Å². The van der Waals surface area contributed by atoms with Crippen molar-refractivity contribution in [1.82, 2.24) is 15.1 Å². The maximum Gasteiger partial charge on any atom is 0.161 e. The molecule has 0 amide bonds. The maximum absolute atomic E-state index is 5.53. The first-order valence-electron chi connectivity index (χ1n) is 7.55. The summed E-state index contributed by atoms with van der Waals surface area (Å²) >= 11 is 0. The fourth-order valence-electron chi connectivity index (χ4n) is 2.88. The molecule has 19 heavy (non-hydrogen) atoms. The number of aryl methyl sites for hydroxylation is 1. The molecule has 0 spiro atoms. The summed E-state index contributed by atoms with van der Waals surface area (Å²) in [5.74, 6) is 2.42. The van der Waals surface area contributed by atoms with Gasteiger partial charge in [0, 0.05) is 6.54 Å². The van der Waals surface area contributed by atoms with Crippen LogP contribution in [0.5, 0.6) is 5.75 Å². The molecule has 1 N–H and O–H groups in total. The van der Waals surface area contributed by atoms with Gasteiger partial charge in [-0.05, 0) is 37.6 Å². The van der Waals surface area contributed by atoms with Crippen LogP contribution < -0.4 is 10.1 Å². The Morgan fingerprint density at radius 1 is 1.47 bits per heavy atom. The number of hydrogen-bond acceptors (Lipinski definition) is 3. The molecule has 1 heterocycles. The standard InChI is InChI=1S/C15H27N3O/c1-5-9-18-15(13(19-4)10-17-18)14(16-6-2)11(3)12-7-8-12/h10-12,14,16H,5-9H2,1-4H3. The Morgan fingerprint density at radius 2 is 2.21 bits per heavy atom. The first-order chi connectivity index (χ1) is 9.22. The van der Waals surface area contributed by atoms with E-state index < -0.39 is 0 Å². The summed E-state index contributed by atoms with van der Waals surface area (Å²) in [5, 5.41) is 8.13. The predicted molar refractivity (Wildman–Crippen MR) is 77.4 cm³/mol. The lowest BCUT2D eigenvalue weighted by atomic mass is 9.93. The molecule has 1 saturated carbocycles. The molecular weight excluding hydrogens is 238 g/mol. The third-order valence-electron chi connectivity index (χ3n) is 4.11. The van der Waals surface area contributed by atoms with Crippen LogP contribution in [0.2, 0.25) is 0 Å². The van der Waals surface area contributed by atoms with Crippen LogP contribution in [0.3, 0.4) is 0 Å². The van der Waals surface area contributed by atoms with E-state index >= 15 is 0 Å². The first kappa shape index (κ1) is 14.4. The third-order valence-corrected chi connectivity index (χ3v) is 4.11. The van der Waals surface area contributed by atoms with Crippen molar-refractivity contribution in [2.24, 2.45) is 11.8 Å². The lowest BCUT2D eigenvalue weighted by Gasteiger charge is -2.26. The zero-order valence-electron chi connectivity index (χ0n) is 12.6. The molecule has 108 valence electrons. The van der Waals surface area contributed by atoms with Crippen molar-refractivity contribution >= 4 is 0 Å². The average Bonchev–Trinajstić information content (AvgIpc) is 3.18. The second-order valence-corrected chi connectivity index (χ2v) is 5.55. The van der Waals surface area contributed by atoms with Gasteiger partial charge in [0.2, 0.25) is 0 Å². The molecule has 1 aliphatic rings. The number of rotatable bonds is 8. The van der Waals surface area contributed by atoms with Crippen molar-refractivity contribution in [3.8, 4) is 5.75 Å². The van der Waals surface area contributed by atoms with Crippen LogP contribution in [0, 0.1) is 11.8 Å². The molecule has 1 aliphatic carbocycles. The molecule has 1 aromatic heterocycles. The van der Waals surface area contributed by atoms with Gasteiger partial charge in [-0.25, -0.2) is 0 Å². The van der Waals surface area contributed by atoms with Gasteiger partial charge in [-0.2, -0.15) is 5.10 Å². The summed E-state index contributed by atoms with van der Waals surface area (Å²) in [7, 11) is 1.74. The molecule has 4 heteroatoms. The molecule has 0 bridgehead atoms. The minimum atomic E-state index is 0.349. The Hall–Kier alpha value is -1.03. The van der Waals surface area contributed by atoms with Crippen LogP contribution in [0.4, 0.5) is 0 Å². The Morgan fingerprint density at radius 3 is 2.74 bits per heavy atom. The zero-order valence-corrected chi connectivity index (χ0v) is 12.6. The van der Waals surface area contributed by atoms with E-state index in [1.54, 1.807) is 7.11 Å². The van der Waals surface area contributed by atoms with Gasteiger partial charge in [-0.3, -0.25) is 4.68 Å². The topological polar surface area (TPSA) is 39.1 Å². The van der Waals surface area contributed by atoms with Gasteiger partial charge in [0.1, 0.15) is 0 Å². The van der Waals surface area contributed by atoms with Gasteiger partial charge in [0.25, 0.3) is 0 Å². The predicted octanol–water partition coefficient (Wildman–Crippen LogP) is 3.00. The van der Waals surface area contributed by atoms with Crippen molar-refractivity contribution in [2.45, 2.75) is 52.6 Å². The largest absolute Gasteiger partial charge is 0.493 e. The van der Waals surface area contributed by atoms with Crippen LogP contribution >= 0.6 is 0 Å². The van der Waals surface area contributed by atoms with Crippen LogP contribution in [0.1, 0.15) is 51.8 Å². The third kappa shape index (κ3) is 3.11. The van der Waals surface area contributed by atoms with Crippen LogP contribution in [-0.2, 0) is 6.54 Å². The Bertz CT molecular complexity index is 398. The number of hydrogen-bond donors (Lipinski definition) is 1. The minimum Gasteiger partial charge on any atom is -0.493 e. The fourth-order valence-corrected chi connectivity index (χ4v) is 2.88. The first-order valence-corrected chi connectivity index (χ1v) is 7.55. The van der Waals surface area contributed by atoms with Gasteiger partial charge >= 0.3 is 0 Å². The molecule has 0 saturated heterocycles. The maximum atomic E-state index is 5.53. The summed E-state index contributed by atoms with van der Waals surface area (Å²) in [6, 6.07) is 0.349. The van der Waals surface area contributed by atoms with Crippen LogP contribution in [0.15, 0.2) is 6.20 Å². The van der Waals surface area contributed by atoms with Gasteiger partial charge in [-0.15, -0.1) is 0 Å². The van der Waals surface area contributed by atoms with Crippen molar-refractivity contribution < 1.29 is 4.74 Å². The molecule has 4 nitrogen and oxygen atoms in total. The summed E-state index contributed by atoms with van der Waals surface area (Å²) in [6.07, 6.45) is 5.68. The number of nitrogens with one attached hydrogen (secondary N) is 1. The van der Waals surface area contributed by atoms with E-state index in [0.717, 1.165) is 31.2 Å². The lowest BCUT2D eigenvalue weighted by molar-refractivity contribution is 0.317. The van der Waals surface area contributed by atoms with Crippen molar-refractivity contribution in [3.05, 3.63) is 11.9 Å². The van der Waals surface area contributed by atoms with Crippen LogP contribution in [-0.4, -0.2) is 23.4 Å². The number of methoxy groups -OCH3 is 1. The minimum absolute atomic E-state index is 0.349. The Kier molecular flexibility index (Phi) is 4.86. The van der Waals surface area contributed by atoms with E-state index in [9.17, 15) is 0 Å². The van der Waals surface area contributed by atoms with E-state index in [0.29, 0.717) is 12.0 Å². The highest BCUT2D eigenvalue weighted by atomic mass is 16.5. The molecule has 2 rings (SSSR count). The second kappa shape index (κ2) is 6.42. The molecule has 2 atom stereocenters. The number of ether oxygens (including phenoxy) is 1. The van der Waals surface area contributed by atoms with E-state index in [1.165, 1.54) is 18.5 Å². The van der Waals surface area contributed by atoms with Gasteiger partial charge in [0.15, 0.2) is 5.75 Å². The summed E-state index contributed by atoms with van der Waals surface area (Å²) in [6.45, 7) is 8.64. The molecule has 0 aromatic carbocycles. The SMILES string of the molecule is CCCn1ncc(OC)c1C(NCC)C(C)C1CC1. The van der Waals surface area contributed by atoms with E-state index in [4.69, 9.17) is 4.74 Å². The fraction of sp³-hybridized carbons (Fsp3) is 0.800. The number of nitrogens with zero attached hydrogens (tertiary/aromatic N) is 2. The van der Waals surface area contributed by atoms with Crippen molar-refractivity contribution in [3.63, 3.8) is 0 Å². The summed E-state index contributed by atoms with van der Waals surface area (Å²) in [5.41, 5.74) is 1.23. The molecule has 0 radical (unpaired) electrons. The number of aromatic nitrogens is 2. The monoisotopic (exact) mass is 265 g/mol. The Labute approximate surface area is 116 Å². The summed E-state index contributed by atoms with van der Waals surface area (Å²) in [4.78, 5) is 0. The van der Waals surface area contributed by atoms with E-state index in [2.05, 4.69) is 35.9 Å². The van der Waals surface area contributed by atoms with Gasteiger partial charge in [-0.1, -0.05) is 20.8 Å². The molecule has 2 unspecified atom stereocenters. The van der Waals surface area contributed by atoms with E-state index in [1.807, 2.05) is 6.20 Å². The molecule has 1 aromatic rings. The molecule has 0 aliphatic heterocycles.